The van der Waals surface area contributed by atoms with Crippen molar-refractivity contribution >= 4 is 56.7 Å². The van der Waals surface area contributed by atoms with Crippen LogP contribution >= 0.6 is 34.8 Å². The molecule has 0 spiro atoms. The molecule has 0 aliphatic carbocycles. The number of nitrogens with one attached hydrogen (secondary N) is 1. The van der Waals surface area contributed by atoms with Crippen LogP contribution in [0.3, 0.4) is 0 Å². The van der Waals surface area contributed by atoms with E-state index in [2.05, 4.69) is 92.4 Å². The number of pyridine rings is 1. The fourth-order valence-corrected chi connectivity index (χ4v) is 5.90. The van der Waals surface area contributed by atoms with Crippen LogP contribution in [0.15, 0.2) is 128 Å². The lowest BCUT2D eigenvalue weighted by Crippen LogP contribution is -2.38. The summed E-state index contributed by atoms with van der Waals surface area (Å²) in [5.41, 5.74) is 6.42. The van der Waals surface area contributed by atoms with E-state index in [4.69, 9.17) is 39.9 Å². The van der Waals surface area contributed by atoms with E-state index in [-0.39, 0.29) is 5.82 Å². The van der Waals surface area contributed by atoms with E-state index in [0.29, 0.717) is 5.52 Å². The molecule has 41 heavy (non-hydrogen) atoms. The number of H-pyrrole nitrogens is 1. The van der Waals surface area contributed by atoms with Gasteiger partial charge in [-0.2, -0.15) is 5.10 Å². The Morgan fingerprint density at radius 1 is 0.659 bits per heavy atom. The normalized spacial score (nSPS) is 12.3. The highest BCUT2D eigenvalue weighted by Crippen LogP contribution is 2.45. The van der Waals surface area contributed by atoms with E-state index < -0.39 is 9.33 Å². The van der Waals surface area contributed by atoms with Crippen molar-refractivity contribution in [2.45, 2.75) is 9.33 Å². The second kappa shape index (κ2) is 10.0. The smallest absolute Gasteiger partial charge is 0.248 e. The van der Waals surface area contributed by atoms with Gasteiger partial charge in [0.1, 0.15) is 11.2 Å². The third kappa shape index (κ3) is 4.29. The number of hydrogen-bond acceptors (Lipinski definition) is 3. The van der Waals surface area contributed by atoms with Gasteiger partial charge in [-0.25, -0.2) is 9.67 Å². The predicted octanol–water partition coefficient (Wildman–Crippen LogP) is 8.64. The van der Waals surface area contributed by atoms with Crippen LogP contribution in [0.25, 0.3) is 33.2 Å². The van der Waals surface area contributed by atoms with Gasteiger partial charge in [0.05, 0.1) is 16.6 Å². The van der Waals surface area contributed by atoms with Crippen molar-refractivity contribution in [2.24, 2.45) is 0 Å². The molecule has 0 bridgehead atoms. The van der Waals surface area contributed by atoms with E-state index in [9.17, 15) is 0 Å². The van der Waals surface area contributed by atoms with Crippen LogP contribution in [-0.2, 0) is 9.33 Å². The van der Waals surface area contributed by atoms with E-state index >= 15 is 0 Å². The Balaban J connectivity index is 1.67. The molecule has 7 aromatic rings. The Bertz CT molecular complexity index is 1870. The van der Waals surface area contributed by atoms with E-state index in [1.54, 1.807) is 12.4 Å². The van der Waals surface area contributed by atoms with Crippen LogP contribution in [0.1, 0.15) is 22.5 Å². The summed E-state index contributed by atoms with van der Waals surface area (Å²) < 4.78 is 0.431. The van der Waals surface area contributed by atoms with Gasteiger partial charge in [0, 0.05) is 23.3 Å². The molecule has 0 atom stereocenters. The molecule has 5 nitrogen and oxygen atoms in total. The molecule has 0 saturated heterocycles. The lowest BCUT2D eigenvalue weighted by atomic mass is 9.77. The first kappa shape index (κ1) is 25.8. The monoisotopic (exact) mass is 593 g/mol. The molecule has 3 heterocycles. The first-order chi connectivity index (χ1) is 20.0. The van der Waals surface area contributed by atoms with Crippen molar-refractivity contribution in [1.29, 1.82) is 0 Å². The Morgan fingerprint density at radius 2 is 1.20 bits per heavy atom. The number of rotatable bonds is 5. The lowest BCUT2D eigenvalue weighted by Gasteiger charge is -2.37. The number of hydrogen-bond donors (Lipinski definition) is 1. The van der Waals surface area contributed by atoms with Crippen molar-refractivity contribution in [3.05, 3.63) is 150 Å². The quantitative estimate of drug-likeness (QED) is 0.160. The summed E-state index contributed by atoms with van der Waals surface area (Å²) in [7, 11) is 0. The van der Waals surface area contributed by atoms with Gasteiger partial charge in [-0.3, -0.25) is 4.98 Å². The summed E-state index contributed by atoms with van der Waals surface area (Å²) >= 11 is 18.7. The highest BCUT2D eigenvalue weighted by molar-refractivity contribution is 6.66. The molecule has 0 radical (unpaired) electrons. The number of fused-ring (bicyclic) bond motifs is 2. The average molecular weight is 595 g/mol. The zero-order valence-electron chi connectivity index (χ0n) is 21.5. The number of alkyl halides is 3. The minimum Gasteiger partial charge on any atom is -0.338 e. The first-order valence-corrected chi connectivity index (χ1v) is 14.2. The molecule has 3 aromatic heterocycles. The summed E-state index contributed by atoms with van der Waals surface area (Å²) in [4.78, 5) is 12.1. The van der Waals surface area contributed by atoms with Gasteiger partial charge in [-0.15, -0.1) is 0 Å². The van der Waals surface area contributed by atoms with Crippen molar-refractivity contribution in [1.82, 2.24) is 24.7 Å². The van der Waals surface area contributed by atoms with Crippen molar-refractivity contribution in [3.8, 4) is 11.3 Å². The summed E-state index contributed by atoms with van der Waals surface area (Å²) in [5, 5.41) is 6.32. The molecule has 0 aliphatic rings. The maximum Gasteiger partial charge on any atom is 0.248 e. The zero-order chi connectivity index (χ0) is 28.0. The van der Waals surface area contributed by atoms with Crippen molar-refractivity contribution < 1.29 is 0 Å². The number of benzene rings is 4. The predicted molar refractivity (Wildman–Crippen MR) is 166 cm³/mol. The van der Waals surface area contributed by atoms with Crippen molar-refractivity contribution in [3.63, 3.8) is 0 Å². The lowest BCUT2D eigenvalue weighted by molar-refractivity contribution is 0.477. The van der Waals surface area contributed by atoms with Crippen LogP contribution < -0.4 is 0 Å². The maximum absolute atomic E-state index is 6.22. The second-order valence-electron chi connectivity index (χ2n) is 9.77. The fraction of sp³-hybridized carbons (Fsp3) is 0.0606. The van der Waals surface area contributed by atoms with Crippen LogP contribution in [0, 0.1) is 0 Å². The Labute approximate surface area is 251 Å². The van der Waals surface area contributed by atoms with Gasteiger partial charge in [0.15, 0.2) is 5.82 Å². The number of aromatic amines is 1. The molecule has 0 amide bonds. The molecule has 0 saturated carbocycles. The molecular formula is C33H22Cl3N5. The molecule has 1 N–H and O–H groups in total. The minimum atomic E-state index is -1.69. The third-order valence-electron chi connectivity index (χ3n) is 7.40. The Kier molecular flexibility index (Phi) is 6.31. The molecule has 0 unspecified atom stereocenters. The Hall–Kier alpha value is -4.16. The van der Waals surface area contributed by atoms with Crippen LogP contribution in [-0.4, -0.2) is 24.7 Å². The molecule has 7 rings (SSSR count). The SMILES string of the molecule is ClC(Cl)(Cl)c1nc2cc3c(-c4ccncc4)nn(C(c4ccccc4)(c4ccccc4)c4ccccc4)c3cc2[nH]1. The van der Waals surface area contributed by atoms with Gasteiger partial charge in [-0.05, 0) is 41.0 Å². The van der Waals surface area contributed by atoms with E-state index in [1.165, 1.54) is 0 Å². The van der Waals surface area contributed by atoms with Crippen LogP contribution in [0.4, 0.5) is 0 Å². The maximum atomic E-state index is 6.22. The fourth-order valence-electron chi connectivity index (χ4n) is 5.64. The second-order valence-corrected chi connectivity index (χ2v) is 12.1. The largest absolute Gasteiger partial charge is 0.338 e. The van der Waals surface area contributed by atoms with E-state index in [0.717, 1.165) is 44.4 Å². The Morgan fingerprint density at radius 3 is 1.71 bits per heavy atom. The molecule has 4 aromatic carbocycles. The van der Waals surface area contributed by atoms with Gasteiger partial charge in [0.2, 0.25) is 3.79 Å². The molecule has 8 heteroatoms. The minimum absolute atomic E-state index is 0.260. The van der Waals surface area contributed by atoms with Crippen LogP contribution in [0.2, 0.25) is 0 Å². The van der Waals surface area contributed by atoms with Gasteiger partial charge >= 0.3 is 0 Å². The molecular weight excluding hydrogens is 573 g/mol. The van der Waals surface area contributed by atoms with Gasteiger partial charge in [0.25, 0.3) is 0 Å². The van der Waals surface area contributed by atoms with Crippen LogP contribution in [0.5, 0.6) is 0 Å². The van der Waals surface area contributed by atoms with Gasteiger partial charge in [-0.1, -0.05) is 126 Å². The zero-order valence-corrected chi connectivity index (χ0v) is 23.8. The molecule has 200 valence electrons. The summed E-state index contributed by atoms with van der Waals surface area (Å²) in [6.07, 6.45) is 3.54. The molecule has 0 fully saturated rings. The topological polar surface area (TPSA) is 59.4 Å². The molecule has 0 aliphatic heterocycles. The summed E-state index contributed by atoms with van der Waals surface area (Å²) in [6.45, 7) is 0. The number of imidazole rings is 1. The highest BCUT2D eigenvalue weighted by atomic mass is 35.6. The third-order valence-corrected chi connectivity index (χ3v) is 7.93. The highest BCUT2D eigenvalue weighted by Gasteiger charge is 2.41. The van der Waals surface area contributed by atoms with Crippen molar-refractivity contribution in [2.75, 3.05) is 0 Å². The van der Waals surface area contributed by atoms with Gasteiger partial charge < -0.3 is 4.98 Å². The van der Waals surface area contributed by atoms with E-state index in [1.807, 2.05) is 42.5 Å². The first-order valence-electron chi connectivity index (χ1n) is 13.0. The number of nitrogens with zero attached hydrogens (tertiary/aromatic N) is 4. The summed E-state index contributed by atoms with van der Waals surface area (Å²) in [6, 6.07) is 39.3. The average Bonchev–Trinajstić information content (AvgIpc) is 3.61. The standard InChI is InChI=1S/C33H22Cl3N5/c34-33(35,36)31-38-27-20-26-29(21-28(27)39-31)41(40-30(26)22-16-18-37-19-17-22)32(23-10-4-1-5-11-23,24-12-6-2-7-13-24)25-14-8-3-9-15-25/h1-21H,(H,38,39). The number of aromatic nitrogens is 5. The number of halogens is 3. The summed E-state index contributed by atoms with van der Waals surface area (Å²) in [5.74, 6) is 0.260.